The molecule has 1 heterocycles. The molecule has 6 nitrogen and oxygen atoms in total. The van der Waals surface area contributed by atoms with Gasteiger partial charge in [-0.05, 0) is 38.0 Å². The molecule has 0 radical (unpaired) electrons. The Kier molecular flexibility index (Phi) is 5.84. The van der Waals surface area contributed by atoms with E-state index in [0.29, 0.717) is 6.54 Å². The first-order chi connectivity index (χ1) is 13.3. The quantitative estimate of drug-likeness (QED) is 0.747. The second kappa shape index (κ2) is 8.14. The Balaban J connectivity index is 1.91. The first kappa shape index (κ1) is 20.1. The van der Waals surface area contributed by atoms with Gasteiger partial charge in [0.2, 0.25) is 11.8 Å². The third-order valence-electron chi connectivity index (χ3n) is 4.85. The number of nitrogens with zero attached hydrogens (tertiary/aromatic N) is 2. The first-order valence-electron chi connectivity index (χ1n) is 9.29. The van der Waals surface area contributed by atoms with E-state index in [1.165, 1.54) is 12.1 Å². The highest BCUT2D eigenvalue weighted by Gasteiger charge is 2.45. The van der Waals surface area contributed by atoms with Crippen molar-refractivity contribution < 1.29 is 18.0 Å². The van der Waals surface area contributed by atoms with Crippen LogP contribution >= 0.6 is 0 Å². The van der Waals surface area contributed by atoms with Crippen molar-refractivity contribution in [3.05, 3.63) is 66.2 Å². The average Bonchev–Trinajstić information content (AvgIpc) is 3.09. The largest absolute Gasteiger partial charge is 0.334 e. The molecule has 1 atom stereocenters. The van der Waals surface area contributed by atoms with E-state index in [2.05, 4.69) is 0 Å². The second-order valence-electron chi connectivity index (χ2n) is 7.11. The summed E-state index contributed by atoms with van der Waals surface area (Å²) in [6.07, 6.45) is 0.238. The summed E-state index contributed by atoms with van der Waals surface area (Å²) in [5.74, 6) is -0.880. The fourth-order valence-corrected chi connectivity index (χ4v) is 5.00. The molecule has 148 valence electrons. The predicted octanol–water partition coefficient (Wildman–Crippen LogP) is 2.80. The zero-order chi connectivity index (χ0) is 20.3. The normalized spacial score (nSPS) is 17.2. The van der Waals surface area contributed by atoms with Crippen LogP contribution in [0.2, 0.25) is 0 Å². The van der Waals surface area contributed by atoms with E-state index in [-0.39, 0.29) is 29.7 Å². The van der Waals surface area contributed by atoms with Gasteiger partial charge in [-0.3, -0.25) is 9.59 Å². The van der Waals surface area contributed by atoms with E-state index < -0.39 is 22.0 Å². The van der Waals surface area contributed by atoms with Gasteiger partial charge in [-0.1, -0.05) is 48.5 Å². The zero-order valence-corrected chi connectivity index (χ0v) is 16.8. The van der Waals surface area contributed by atoms with E-state index in [1.54, 1.807) is 23.1 Å². The Labute approximate surface area is 165 Å². The smallest absolute Gasteiger partial charge is 0.267 e. The Morgan fingerprint density at radius 1 is 1.07 bits per heavy atom. The van der Waals surface area contributed by atoms with Gasteiger partial charge >= 0.3 is 0 Å². The minimum atomic E-state index is -4.08. The number of benzene rings is 2. The number of rotatable bonds is 6. The number of carbonyl (C=O) groups excluding carboxylic acids is 2. The fourth-order valence-electron chi connectivity index (χ4n) is 3.38. The van der Waals surface area contributed by atoms with Crippen molar-refractivity contribution in [1.29, 1.82) is 0 Å². The Morgan fingerprint density at radius 2 is 1.64 bits per heavy atom. The molecule has 1 saturated heterocycles. The topological polar surface area (TPSA) is 74.8 Å². The third-order valence-corrected chi connectivity index (χ3v) is 6.69. The minimum absolute atomic E-state index is 0.0159. The average molecular weight is 401 g/mol. The Hall–Kier alpha value is -2.67. The van der Waals surface area contributed by atoms with Crippen molar-refractivity contribution in [2.45, 2.75) is 50.2 Å². The molecule has 7 heteroatoms. The monoisotopic (exact) mass is 400 g/mol. The fraction of sp³-hybridized carbons (Fsp3) is 0.333. The second-order valence-corrected chi connectivity index (χ2v) is 8.92. The van der Waals surface area contributed by atoms with Gasteiger partial charge in [-0.2, -0.15) is 0 Å². The zero-order valence-electron chi connectivity index (χ0n) is 16.0. The molecule has 1 unspecified atom stereocenters. The minimum Gasteiger partial charge on any atom is -0.334 e. The van der Waals surface area contributed by atoms with Gasteiger partial charge < -0.3 is 4.90 Å². The lowest BCUT2D eigenvalue weighted by atomic mass is 10.1. The van der Waals surface area contributed by atoms with Crippen molar-refractivity contribution in [2.75, 3.05) is 0 Å². The summed E-state index contributed by atoms with van der Waals surface area (Å²) in [6, 6.07) is 16.1. The number of sulfonamides is 1. The number of hydrogen-bond acceptors (Lipinski definition) is 4. The lowest BCUT2D eigenvalue weighted by Gasteiger charge is -2.32. The lowest BCUT2D eigenvalue weighted by Crippen LogP contribution is -2.50. The molecule has 0 aliphatic carbocycles. The molecular formula is C21H24N2O4S. The molecule has 1 aliphatic rings. The maximum atomic E-state index is 13.3. The molecule has 2 aromatic rings. The molecule has 0 bridgehead atoms. The molecule has 0 spiro atoms. The van der Waals surface area contributed by atoms with Crippen molar-refractivity contribution in [3.63, 3.8) is 0 Å². The van der Waals surface area contributed by atoms with Gasteiger partial charge in [0, 0.05) is 19.0 Å². The molecule has 1 aliphatic heterocycles. The summed E-state index contributed by atoms with van der Waals surface area (Å²) in [6.45, 7) is 4.13. The summed E-state index contributed by atoms with van der Waals surface area (Å²) < 4.78 is 26.9. The SMILES string of the molecule is CC(C)N(Cc1ccccc1)C(=O)C1CCC(=O)N1S(=O)(=O)c1ccccc1. The van der Waals surface area contributed by atoms with Gasteiger partial charge in [-0.15, -0.1) is 0 Å². The van der Waals surface area contributed by atoms with E-state index in [9.17, 15) is 18.0 Å². The summed E-state index contributed by atoms with van der Waals surface area (Å²) in [5, 5.41) is 0. The molecule has 2 amide bonds. The highest BCUT2D eigenvalue weighted by Crippen LogP contribution is 2.29. The molecule has 2 aromatic carbocycles. The standard InChI is InChI=1S/C21H24N2O4S/c1-16(2)22(15-17-9-5-3-6-10-17)21(25)19-13-14-20(24)23(19)28(26,27)18-11-7-4-8-12-18/h3-12,16,19H,13-15H2,1-2H3. The van der Waals surface area contributed by atoms with Gasteiger partial charge in [0.15, 0.2) is 0 Å². The van der Waals surface area contributed by atoms with Crippen LogP contribution in [0.4, 0.5) is 0 Å². The van der Waals surface area contributed by atoms with Crippen LogP contribution in [0.25, 0.3) is 0 Å². The van der Waals surface area contributed by atoms with Crippen LogP contribution in [0.5, 0.6) is 0 Å². The van der Waals surface area contributed by atoms with Crippen LogP contribution in [-0.2, 0) is 26.2 Å². The maximum Gasteiger partial charge on any atom is 0.267 e. The highest BCUT2D eigenvalue weighted by atomic mass is 32.2. The maximum absolute atomic E-state index is 13.3. The van der Waals surface area contributed by atoms with E-state index >= 15 is 0 Å². The van der Waals surface area contributed by atoms with Crippen molar-refractivity contribution in [2.24, 2.45) is 0 Å². The van der Waals surface area contributed by atoms with Gasteiger partial charge in [0.05, 0.1) is 4.90 Å². The highest BCUT2D eigenvalue weighted by molar-refractivity contribution is 7.89. The molecule has 3 rings (SSSR count). The molecule has 0 aromatic heterocycles. The van der Waals surface area contributed by atoms with Gasteiger partial charge in [0.25, 0.3) is 10.0 Å². The summed E-state index contributed by atoms with van der Waals surface area (Å²) in [7, 11) is -4.08. The summed E-state index contributed by atoms with van der Waals surface area (Å²) in [5.41, 5.74) is 0.950. The van der Waals surface area contributed by atoms with Crippen molar-refractivity contribution in [1.82, 2.24) is 9.21 Å². The van der Waals surface area contributed by atoms with Crippen molar-refractivity contribution in [3.8, 4) is 0 Å². The number of carbonyl (C=O) groups is 2. The Bertz CT molecular complexity index is 943. The van der Waals surface area contributed by atoms with Crippen LogP contribution < -0.4 is 0 Å². The van der Waals surface area contributed by atoms with E-state index in [1.807, 2.05) is 44.2 Å². The molecule has 28 heavy (non-hydrogen) atoms. The van der Waals surface area contributed by atoms with Crippen LogP contribution in [0, 0.1) is 0 Å². The van der Waals surface area contributed by atoms with Crippen LogP contribution in [-0.4, -0.2) is 41.5 Å². The first-order valence-corrected chi connectivity index (χ1v) is 10.7. The van der Waals surface area contributed by atoms with E-state index in [4.69, 9.17) is 0 Å². The van der Waals surface area contributed by atoms with E-state index in [0.717, 1.165) is 9.87 Å². The van der Waals surface area contributed by atoms with Gasteiger partial charge in [0.1, 0.15) is 6.04 Å². The Morgan fingerprint density at radius 3 is 2.21 bits per heavy atom. The number of hydrogen-bond donors (Lipinski definition) is 0. The summed E-state index contributed by atoms with van der Waals surface area (Å²) in [4.78, 5) is 27.4. The van der Waals surface area contributed by atoms with Gasteiger partial charge in [-0.25, -0.2) is 12.7 Å². The van der Waals surface area contributed by atoms with Crippen LogP contribution in [0.1, 0.15) is 32.3 Å². The van der Waals surface area contributed by atoms with Crippen molar-refractivity contribution >= 4 is 21.8 Å². The third kappa shape index (κ3) is 3.94. The number of amides is 2. The molecule has 1 fully saturated rings. The van der Waals surface area contributed by atoms with Crippen LogP contribution in [0.15, 0.2) is 65.6 Å². The summed E-state index contributed by atoms with van der Waals surface area (Å²) >= 11 is 0. The predicted molar refractivity (Wildman–Crippen MR) is 106 cm³/mol. The van der Waals surface area contributed by atoms with Crippen LogP contribution in [0.3, 0.4) is 0 Å². The molecule has 0 N–H and O–H groups in total. The molecular weight excluding hydrogens is 376 g/mol. The lowest BCUT2D eigenvalue weighted by molar-refractivity contribution is -0.139. The molecule has 0 saturated carbocycles.